The summed E-state index contributed by atoms with van der Waals surface area (Å²) < 4.78 is 8.94. The van der Waals surface area contributed by atoms with E-state index < -0.39 is 0 Å². The van der Waals surface area contributed by atoms with Gasteiger partial charge in [-0.05, 0) is 24.1 Å². The Morgan fingerprint density at radius 2 is 1.94 bits per heavy atom. The Morgan fingerprint density at radius 3 is 2.39 bits per heavy atom. The van der Waals surface area contributed by atoms with Crippen LogP contribution in [0.1, 0.15) is 31.9 Å². The molecule has 0 atom stereocenters. The highest BCUT2D eigenvalue weighted by Crippen LogP contribution is 2.30. The van der Waals surface area contributed by atoms with Crippen LogP contribution >= 0.6 is 24.7 Å². The van der Waals surface area contributed by atoms with E-state index in [0.717, 1.165) is 16.0 Å². The summed E-state index contributed by atoms with van der Waals surface area (Å²) in [6.45, 7) is 9.72. The molecule has 1 aromatic carbocycles. The molecule has 0 bridgehead atoms. The van der Waals surface area contributed by atoms with Crippen molar-refractivity contribution in [3.05, 3.63) is 42.0 Å². The van der Waals surface area contributed by atoms with E-state index >= 15 is 0 Å². The molecule has 0 aliphatic rings. The maximum atomic E-state index is 8.94. The Bertz CT molecular complexity index is 393. The zero-order valence-corrected chi connectivity index (χ0v) is 12.6. The van der Waals surface area contributed by atoms with Crippen molar-refractivity contribution in [3.63, 3.8) is 0 Å². The van der Waals surface area contributed by atoms with Gasteiger partial charge in [-0.2, -0.15) is 0 Å². The van der Waals surface area contributed by atoms with Gasteiger partial charge in [-0.1, -0.05) is 44.7 Å². The van der Waals surface area contributed by atoms with Crippen LogP contribution in [0.3, 0.4) is 0 Å². The molecule has 18 heavy (non-hydrogen) atoms. The molecule has 0 fully saturated rings. The van der Waals surface area contributed by atoms with E-state index in [-0.39, 0.29) is 0 Å². The van der Waals surface area contributed by atoms with Crippen molar-refractivity contribution in [2.75, 3.05) is 0 Å². The summed E-state index contributed by atoms with van der Waals surface area (Å²) in [4.78, 5) is 1.52. The van der Waals surface area contributed by atoms with Gasteiger partial charge in [-0.3, -0.25) is 0 Å². The molecule has 3 N–H and O–H groups in total. The molecule has 0 saturated carbocycles. The average molecular weight is 284 g/mol. The maximum absolute atomic E-state index is 8.94. The van der Waals surface area contributed by atoms with Gasteiger partial charge in [0.1, 0.15) is 0 Å². The molecule has 100 valence electrons. The number of nitrogens with one attached hydrogen (secondary N) is 2. The van der Waals surface area contributed by atoms with Crippen LogP contribution in [0.5, 0.6) is 0 Å². The molecule has 0 heterocycles. The summed E-state index contributed by atoms with van der Waals surface area (Å²) in [6, 6.07) is 5.73. The molecule has 0 unspecified atom stereocenters. The molecule has 5 heteroatoms. The molecule has 0 aliphatic heterocycles. The quantitative estimate of drug-likeness (QED) is 0.321. The second-order valence-corrected chi connectivity index (χ2v) is 3.91. The minimum Gasteiger partial charge on any atom is -0.325 e. The number of thiol groups is 1. The molecule has 0 amide bonds. The number of allylic oxidation sites excluding steroid dienone is 1. The molecule has 0 saturated heterocycles. The normalized spacial score (nSPS) is 8.94. The van der Waals surface area contributed by atoms with Crippen molar-refractivity contribution in [2.45, 2.75) is 25.7 Å². The average Bonchev–Trinajstić information content (AvgIpc) is 2.45. The highest BCUT2D eigenvalue weighted by atomic mass is 32.2. The Morgan fingerprint density at radius 1 is 1.39 bits per heavy atom. The van der Waals surface area contributed by atoms with Gasteiger partial charge in [0.25, 0.3) is 0 Å². The number of benzene rings is 1. The summed E-state index contributed by atoms with van der Waals surface area (Å²) >= 11 is 5.02. The van der Waals surface area contributed by atoms with Crippen LogP contribution in [-0.2, 0) is 0 Å². The molecule has 1 rings (SSSR count). The number of hydrogen-bond acceptors (Lipinski definition) is 5. The van der Waals surface area contributed by atoms with Crippen molar-refractivity contribution in [1.82, 2.24) is 0 Å². The summed E-state index contributed by atoms with van der Waals surface area (Å²) in [6.07, 6.45) is 3.90. The highest BCUT2D eigenvalue weighted by molar-refractivity contribution is 8.03. The largest absolute Gasteiger partial charge is 0.325 e. The first kappa shape index (κ1) is 19.3. The lowest BCUT2D eigenvalue weighted by Crippen LogP contribution is -1.86. The molecule has 0 spiro atoms. The van der Waals surface area contributed by atoms with Gasteiger partial charge in [0.15, 0.2) is 0 Å². The van der Waals surface area contributed by atoms with Crippen LogP contribution in [0.4, 0.5) is 0 Å². The summed E-state index contributed by atoms with van der Waals surface area (Å²) in [5, 5.41) is 0. The summed E-state index contributed by atoms with van der Waals surface area (Å²) in [7, 11) is 0. The second-order valence-electron chi connectivity index (χ2n) is 2.75. The molecule has 0 radical (unpaired) electrons. The van der Waals surface area contributed by atoms with Crippen LogP contribution in [0, 0.1) is 11.1 Å². The molecule has 0 aliphatic carbocycles. The Labute approximate surface area is 119 Å². The van der Waals surface area contributed by atoms with Gasteiger partial charge in [-0.15, -0.1) is 12.6 Å². The fourth-order valence-corrected chi connectivity index (χ4v) is 1.74. The van der Waals surface area contributed by atoms with E-state index in [1.54, 1.807) is 0 Å². The van der Waals surface area contributed by atoms with Crippen LogP contribution < -0.4 is 0 Å². The van der Waals surface area contributed by atoms with Crippen LogP contribution in [0.15, 0.2) is 35.7 Å². The molecule has 0 aromatic heterocycles. The van der Waals surface area contributed by atoms with Crippen LogP contribution in [-0.4, -0.2) is 4.55 Å². The van der Waals surface area contributed by atoms with Crippen molar-refractivity contribution in [2.24, 2.45) is 0 Å². The van der Waals surface area contributed by atoms with Gasteiger partial charge in [-0.25, -0.2) is 11.1 Å². The van der Waals surface area contributed by atoms with E-state index in [1.807, 2.05) is 51.1 Å². The summed E-state index contributed by atoms with van der Waals surface area (Å²) in [5.41, 5.74) is 11.9. The van der Waals surface area contributed by atoms with E-state index in [4.69, 9.17) is 15.6 Å². The van der Waals surface area contributed by atoms with Crippen LogP contribution in [0.2, 0.25) is 0 Å². The first-order valence-corrected chi connectivity index (χ1v) is 6.63. The zero-order valence-electron chi connectivity index (χ0n) is 10.9. The standard InChI is InChI=1S/C11H12OS2.C2H6.H2N2/c1-3-5-10-9(8(2)14-12)6-4-7-11(10)13;2*1-2/h3-7,12-13H,2H2,1H3;1-2H3;1-2H/b5-3-;;. The lowest BCUT2D eigenvalue weighted by Gasteiger charge is -2.08. The van der Waals surface area contributed by atoms with Gasteiger partial charge < -0.3 is 4.55 Å². The van der Waals surface area contributed by atoms with Gasteiger partial charge >= 0.3 is 0 Å². The second kappa shape index (κ2) is 12.4. The molecule has 1 aromatic rings. The lowest BCUT2D eigenvalue weighted by molar-refractivity contribution is 0.672. The van der Waals surface area contributed by atoms with E-state index in [1.165, 1.54) is 0 Å². The maximum Gasteiger partial charge on any atom is 0.0357 e. The first-order chi connectivity index (χ1) is 8.70. The fourth-order valence-electron chi connectivity index (χ4n) is 1.19. The smallest absolute Gasteiger partial charge is 0.0357 e. The number of rotatable bonds is 3. The predicted molar refractivity (Wildman–Crippen MR) is 84.4 cm³/mol. The van der Waals surface area contributed by atoms with Crippen molar-refractivity contribution >= 4 is 35.7 Å². The lowest BCUT2D eigenvalue weighted by atomic mass is 10.1. The monoisotopic (exact) mass is 284 g/mol. The first-order valence-electron chi connectivity index (χ1n) is 5.41. The number of hydrogen-bond donors (Lipinski definition) is 4. The minimum absolute atomic E-state index is 0.633. The fraction of sp³-hybridized carbons (Fsp3) is 0.231. The Kier molecular flexibility index (Phi) is 13.3. The van der Waals surface area contributed by atoms with Gasteiger partial charge in [0.2, 0.25) is 0 Å². The topological polar surface area (TPSA) is 67.9 Å². The van der Waals surface area contributed by atoms with Gasteiger partial charge in [0, 0.05) is 21.8 Å². The van der Waals surface area contributed by atoms with Crippen molar-refractivity contribution in [1.29, 1.82) is 11.1 Å². The summed E-state index contributed by atoms with van der Waals surface area (Å²) in [5.74, 6) is 0. The SMILES string of the molecule is C=C(SO)c1cccc(S)c1/C=C\C.CC.N=N. The molecule has 3 nitrogen and oxygen atoms in total. The highest BCUT2D eigenvalue weighted by Gasteiger charge is 2.06. The predicted octanol–water partition coefficient (Wildman–Crippen LogP) is 5.81. The van der Waals surface area contributed by atoms with E-state index in [2.05, 4.69) is 19.2 Å². The zero-order chi connectivity index (χ0) is 14.6. The van der Waals surface area contributed by atoms with E-state index in [9.17, 15) is 0 Å². The van der Waals surface area contributed by atoms with Crippen molar-refractivity contribution < 1.29 is 4.55 Å². The third-order valence-corrected chi connectivity index (χ3v) is 2.66. The Balaban J connectivity index is 0. The third kappa shape index (κ3) is 6.05. The molecular weight excluding hydrogens is 264 g/mol. The van der Waals surface area contributed by atoms with Gasteiger partial charge in [0.05, 0.1) is 0 Å². The minimum atomic E-state index is 0.633. The Hall–Kier alpha value is -1.04. The third-order valence-electron chi connectivity index (χ3n) is 1.83. The molecular formula is C13H20N2OS2. The van der Waals surface area contributed by atoms with Crippen LogP contribution in [0.25, 0.3) is 11.0 Å². The van der Waals surface area contributed by atoms with E-state index in [0.29, 0.717) is 16.9 Å². The van der Waals surface area contributed by atoms with Crippen molar-refractivity contribution in [3.8, 4) is 0 Å².